The van der Waals surface area contributed by atoms with Crippen LogP contribution in [0.1, 0.15) is 60.0 Å². The third kappa shape index (κ3) is 4.32. The highest BCUT2D eigenvalue weighted by molar-refractivity contribution is 5.54. The molecule has 5 rings (SSSR count). The summed E-state index contributed by atoms with van der Waals surface area (Å²) in [5.41, 5.74) is 4.60. The van der Waals surface area contributed by atoms with E-state index < -0.39 is 0 Å². The third-order valence-corrected chi connectivity index (χ3v) is 7.01. The van der Waals surface area contributed by atoms with Crippen molar-refractivity contribution in [3.63, 3.8) is 0 Å². The minimum atomic E-state index is -0.203. The summed E-state index contributed by atoms with van der Waals surface area (Å²) in [6.45, 7) is 0.486. The highest BCUT2D eigenvalue weighted by atomic mass is 16.5. The third-order valence-electron chi connectivity index (χ3n) is 7.01. The SMILES string of the molecule is COc1cc2c(cc1OC)[C@@H]1CCCC[C@@H]1O[C@H]2c1ccc(OCc2ccccc2)c(OC)c1. The summed E-state index contributed by atoms with van der Waals surface area (Å²) < 4.78 is 29.8. The van der Waals surface area contributed by atoms with E-state index in [0.717, 1.165) is 41.0 Å². The van der Waals surface area contributed by atoms with Crippen LogP contribution in [0.15, 0.2) is 60.7 Å². The van der Waals surface area contributed by atoms with Gasteiger partial charge in [0, 0.05) is 5.92 Å². The smallest absolute Gasteiger partial charge is 0.161 e. The molecule has 0 unspecified atom stereocenters. The Labute approximate surface area is 201 Å². The summed E-state index contributed by atoms with van der Waals surface area (Å²) in [5, 5.41) is 0. The molecule has 5 nitrogen and oxygen atoms in total. The maximum Gasteiger partial charge on any atom is 0.161 e. The van der Waals surface area contributed by atoms with Gasteiger partial charge < -0.3 is 23.7 Å². The molecule has 0 N–H and O–H groups in total. The first kappa shape index (κ1) is 22.6. The second-order valence-electron chi connectivity index (χ2n) is 8.97. The molecule has 0 amide bonds. The Morgan fingerprint density at radius 3 is 2.15 bits per heavy atom. The standard InChI is InChI=1S/C29H32O5/c1-30-26-15-20(13-14-25(26)33-18-19-9-5-4-6-10-19)29-23-17-28(32-3)27(31-2)16-22(23)21-11-7-8-12-24(21)34-29/h4-6,9-10,13-17,21,24,29H,7-8,11-12,18H2,1-3H3/t21-,24-,29-/m0/s1. The minimum absolute atomic E-state index is 0.198. The number of hydrogen-bond acceptors (Lipinski definition) is 5. The van der Waals surface area contributed by atoms with E-state index in [-0.39, 0.29) is 12.2 Å². The van der Waals surface area contributed by atoms with Gasteiger partial charge in [0.2, 0.25) is 0 Å². The average Bonchev–Trinajstić information content (AvgIpc) is 2.91. The Bertz CT molecular complexity index is 1130. The molecule has 0 aromatic heterocycles. The molecule has 0 bridgehead atoms. The van der Waals surface area contributed by atoms with Crippen LogP contribution in [0.4, 0.5) is 0 Å². The van der Waals surface area contributed by atoms with E-state index in [2.05, 4.69) is 30.3 Å². The van der Waals surface area contributed by atoms with Crippen LogP contribution < -0.4 is 18.9 Å². The van der Waals surface area contributed by atoms with Crippen molar-refractivity contribution in [1.29, 1.82) is 0 Å². The van der Waals surface area contributed by atoms with Gasteiger partial charge in [-0.3, -0.25) is 0 Å². The summed E-state index contributed by atoms with van der Waals surface area (Å²) in [5.74, 6) is 3.29. The maximum absolute atomic E-state index is 6.75. The number of rotatable bonds is 7. The van der Waals surface area contributed by atoms with E-state index in [9.17, 15) is 0 Å². The van der Waals surface area contributed by atoms with Gasteiger partial charge in [-0.2, -0.15) is 0 Å². The van der Waals surface area contributed by atoms with Crippen LogP contribution in [-0.2, 0) is 11.3 Å². The summed E-state index contributed by atoms with van der Waals surface area (Å²) in [6.07, 6.45) is 4.63. The van der Waals surface area contributed by atoms with Crippen molar-refractivity contribution in [3.8, 4) is 23.0 Å². The number of fused-ring (bicyclic) bond motifs is 3. The molecule has 1 aliphatic carbocycles. The molecule has 3 aromatic carbocycles. The Morgan fingerprint density at radius 1 is 0.735 bits per heavy atom. The molecule has 34 heavy (non-hydrogen) atoms. The molecule has 3 aromatic rings. The van der Waals surface area contributed by atoms with Gasteiger partial charge >= 0.3 is 0 Å². The van der Waals surface area contributed by atoms with Gasteiger partial charge in [-0.25, -0.2) is 0 Å². The molecule has 1 saturated carbocycles. The van der Waals surface area contributed by atoms with Crippen molar-refractivity contribution in [2.75, 3.05) is 21.3 Å². The zero-order valence-electron chi connectivity index (χ0n) is 20.1. The summed E-state index contributed by atoms with van der Waals surface area (Å²) >= 11 is 0. The zero-order valence-corrected chi connectivity index (χ0v) is 20.1. The Hall–Kier alpha value is -3.18. The van der Waals surface area contributed by atoms with E-state index >= 15 is 0 Å². The van der Waals surface area contributed by atoms with Crippen molar-refractivity contribution in [1.82, 2.24) is 0 Å². The van der Waals surface area contributed by atoms with Crippen LogP contribution in [0.5, 0.6) is 23.0 Å². The van der Waals surface area contributed by atoms with Gasteiger partial charge in [0.1, 0.15) is 12.7 Å². The molecule has 2 aliphatic rings. The van der Waals surface area contributed by atoms with Crippen molar-refractivity contribution >= 4 is 0 Å². The predicted molar refractivity (Wildman–Crippen MR) is 131 cm³/mol. The van der Waals surface area contributed by atoms with Crippen LogP contribution in [0.2, 0.25) is 0 Å². The lowest BCUT2D eigenvalue weighted by Gasteiger charge is -2.41. The molecule has 0 spiro atoms. The quantitative estimate of drug-likeness (QED) is 0.406. The number of methoxy groups -OCH3 is 3. The molecule has 178 valence electrons. The second kappa shape index (κ2) is 9.98. The first-order chi connectivity index (χ1) is 16.7. The Kier molecular flexibility index (Phi) is 6.63. The highest BCUT2D eigenvalue weighted by Gasteiger charge is 2.39. The summed E-state index contributed by atoms with van der Waals surface area (Å²) in [4.78, 5) is 0. The second-order valence-corrected chi connectivity index (χ2v) is 8.97. The Morgan fingerprint density at radius 2 is 1.41 bits per heavy atom. The van der Waals surface area contributed by atoms with Gasteiger partial charge in [-0.15, -0.1) is 0 Å². The van der Waals surface area contributed by atoms with Crippen molar-refractivity contribution in [2.24, 2.45) is 0 Å². The lowest BCUT2D eigenvalue weighted by atomic mass is 9.76. The molecule has 1 aliphatic heterocycles. The van der Waals surface area contributed by atoms with Gasteiger partial charge in [0.25, 0.3) is 0 Å². The fourth-order valence-corrected chi connectivity index (χ4v) is 5.28. The molecule has 1 fully saturated rings. The number of hydrogen-bond donors (Lipinski definition) is 0. The fraction of sp³-hybridized carbons (Fsp3) is 0.379. The van der Waals surface area contributed by atoms with Gasteiger partial charge in [0.15, 0.2) is 23.0 Å². The van der Waals surface area contributed by atoms with Crippen molar-refractivity contribution < 1.29 is 23.7 Å². The minimum Gasteiger partial charge on any atom is -0.493 e. The monoisotopic (exact) mass is 460 g/mol. The van der Waals surface area contributed by atoms with Gasteiger partial charge in [0.05, 0.1) is 27.4 Å². The van der Waals surface area contributed by atoms with E-state index in [0.29, 0.717) is 24.0 Å². The Balaban J connectivity index is 1.50. The molecule has 5 heteroatoms. The molecular weight excluding hydrogens is 428 g/mol. The van der Waals surface area contributed by atoms with Crippen LogP contribution in [0.25, 0.3) is 0 Å². The largest absolute Gasteiger partial charge is 0.493 e. The van der Waals surface area contributed by atoms with Gasteiger partial charge in [-0.05, 0) is 59.4 Å². The van der Waals surface area contributed by atoms with E-state index in [1.54, 1.807) is 21.3 Å². The summed E-state index contributed by atoms with van der Waals surface area (Å²) in [7, 11) is 5.04. The van der Waals surface area contributed by atoms with Crippen LogP contribution in [0.3, 0.4) is 0 Å². The van der Waals surface area contributed by atoms with Crippen molar-refractivity contribution in [3.05, 3.63) is 82.9 Å². The summed E-state index contributed by atoms with van der Waals surface area (Å²) in [6, 6.07) is 20.5. The van der Waals surface area contributed by atoms with Crippen LogP contribution in [-0.4, -0.2) is 27.4 Å². The molecule has 3 atom stereocenters. The molecular formula is C29H32O5. The van der Waals surface area contributed by atoms with Gasteiger partial charge in [-0.1, -0.05) is 49.2 Å². The normalized spacial score (nSPS) is 21.2. The maximum atomic E-state index is 6.75. The van der Waals surface area contributed by atoms with E-state index in [1.165, 1.54) is 18.4 Å². The molecule has 1 heterocycles. The predicted octanol–water partition coefficient (Wildman–Crippen LogP) is 6.44. The highest BCUT2D eigenvalue weighted by Crippen LogP contribution is 2.50. The number of ether oxygens (including phenoxy) is 5. The first-order valence-electron chi connectivity index (χ1n) is 12.0. The average molecular weight is 461 g/mol. The lowest BCUT2D eigenvalue weighted by Crippen LogP contribution is -2.33. The van der Waals surface area contributed by atoms with Crippen LogP contribution in [0, 0.1) is 0 Å². The number of benzene rings is 3. The topological polar surface area (TPSA) is 46.2 Å². The molecule has 0 saturated heterocycles. The first-order valence-corrected chi connectivity index (χ1v) is 12.0. The van der Waals surface area contributed by atoms with E-state index in [1.807, 2.05) is 30.3 Å². The zero-order chi connectivity index (χ0) is 23.5. The lowest BCUT2D eigenvalue weighted by molar-refractivity contribution is -0.0391. The molecule has 0 radical (unpaired) electrons. The van der Waals surface area contributed by atoms with Crippen LogP contribution >= 0.6 is 0 Å². The van der Waals surface area contributed by atoms with Crippen molar-refractivity contribution in [2.45, 2.75) is 50.4 Å². The van der Waals surface area contributed by atoms with E-state index in [4.69, 9.17) is 23.7 Å². The fourth-order valence-electron chi connectivity index (χ4n) is 5.28.